The number of anilines is 1. The van der Waals surface area contributed by atoms with Gasteiger partial charge in [-0.2, -0.15) is 15.2 Å². The SMILES string of the molecule is Cc1n[nH]c(=O)nc1NN=Cc1ccccc1OCc1c(F)cccc1Cl. The fourth-order valence-corrected chi connectivity index (χ4v) is 2.42. The van der Waals surface area contributed by atoms with Gasteiger partial charge in [-0.3, -0.25) is 5.43 Å². The number of hydrogen-bond acceptors (Lipinski definition) is 6. The van der Waals surface area contributed by atoms with Crippen LogP contribution in [0.4, 0.5) is 10.2 Å². The van der Waals surface area contributed by atoms with Crippen LogP contribution in [0.2, 0.25) is 5.02 Å². The lowest BCUT2D eigenvalue weighted by Crippen LogP contribution is -2.15. The number of aromatic amines is 1. The number of para-hydroxylation sites is 1. The predicted molar refractivity (Wildman–Crippen MR) is 101 cm³/mol. The summed E-state index contributed by atoms with van der Waals surface area (Å²) in [5, 5.41) is 10.4. The zero-order valence-corrected chi connectivity index (χ0v) is 15.0. The first-order valence-electron chi connectivity index (χ1n) is 7.91. The number of rotatable bonds is 6. The Hall–Kier alpha value is -3.26. The molecule has 0 bridgehead atoms. The van der Waals surface area contributed by atoms with Crippen molar-refractivity contribution in [1.82, 2.24) is 15.2 Å². The number of hydrazone groups is 1. The minimum Gasteiger partial charge on any atom is -0.488 e. The molecule has 27 heavy (non-hydrogen) atoms. The molecule has 0 radical (unpaired) electrons. The zero-order valence-electron chi connectivity index (χ0n) is 14.2. The van der Waals surface area contributed by atoms with Gasteiger partial charge in [0.2, 0.25) is 0 Å². The highest BCUT2D eigenvalue weighted by atomic mass is 35.5. The molecule has 0 aliphatic heterocycles. The highest BCUT2D eigenvalue weighted by Crippen LogP contribution is 2.23. The van der Waals surface area contributed by atoms with Gasteiger partial charge < -0.3 is 4.74 Å². The Morgan fingerprint density at radius 2 is 2.11 bits per heavy atom. The number of nitrogens with one attached hydrogen (secondary N) is 2. The molecule has 0 aliphatic carbocycles. The Labute approximate surface area is 158 Å². The molecule has 2 aromatic carbocycles. The molecule has 0 spiro atoms. The molecule has 0 unspecified atom stereocenters. The molecule has 7 nitrogen and oxygen atoms in total. The van der Waals surface area contributed by atoms with Gasteiger partial charge in [0.1, 0.15) is 23.9 Å². The minimum atomic E-state index is -0.580. The Balaban J connectivity index is 1.74. The first-order valence-corrected chi connectivity index (χ1v) is 8.29. The van der Waals surface area contributed by atoms with Crippen molar-refractivity contribution in [2.45, 2.75) is 13.5 Å². The summed E-state index contributed by atoms with van der Waals surface area (Å²) in [6, 6.07) is 11.6. The third kappa shape index (κ3) is 4.68. The molecule has 0 atom stereocenters. The fourth-order valence-electron chi connectivity index (χ4n) is 2.20. The first-order chi connectivity index (χ1) is 13.0. The topological polar surface area (TPSA) is 92.3 Å². The smallest absolute Gasteiger partial charge is 0.363 e. The van der Waals surface area contributed by atoms with Crippen molar-refractivity contribution in [3.63, 3.8) is 0 Å². The number of aryl methyl sites for hydroxylation is 1. The van der Waals surface area contributed by atoms with E-state index in [1.165, 1.54) is 18.3 Å². The number of aromatic nitrogens is 3. The van der Waals surface area contributed by atoms with Crippen molar-refractivity contribution in [3.8, 4) is 5.75 Å². The van der Waals surface area contributed by atoms with Crippen LogP contribution in [0.5, 0.6) is 5.75 Å². The van der Waals surface area contributed by atoms with E-state index in [9.17, 15) is 9.18 Å². The van der Waals surface area contributed by atoms with E-state index >= 15 is 0 Å². The highest BCUT2D eigenvalue weighted by molar-refractivity contribution is 6.31. The molecule has 0 aliphatic rings. The lowest BCUT2D eigenvalue weighted by Gasteiger charge is -2.11. The second-order valence-electron chi connectivity index (χ2n) is 5.47. The molecule has 3 aromatic rings. The Bertz CT molecular complexity index is 1020. The van der Waals surface area contributed by atoms with E-state index in [-0.39, 0.29) is 18.0 Å². The maximum absolute atomic E-state index is 13.9. The summed E-state index contributed by atoms with van der Waals surface area (Å²) in [7, 11) is 0. The molecule has 138 valence electrons. The molecule has 0 fully saturated rings. The molecule has 0 saturated heterocycles. The maximum atomic E-state index is 13.9. The number of H-pyrrole nitrogens is 1. The Morgan fingerprint density at radius 1 is 1.30 bits per heavy atom. The van der Waals surface area contributed by atoms with E-state index in [2.05, 4.69) is 25.7 Å². The van der Waals surface area contributed by atoms with Gasteiger partial charge in [0.15, 0.2) is 5.82 Å². The van der Waals surface area contributed by atoms with E-state index in [0.29, 0.717) is 22.0 Å². The quantitative estimate of drug-likeness (QED) is 0.500. The van der Waals surface area contributed by atoms with E-state index in [1.54, 1.807) is 31.2 Å². The average Bonchev–Trinajstić information content (AvgIpc) is 2.65. The number of hydrogen-bond donors (Lipinski definition) is 2. The van der Waals surface area contributed by atoms with Gasteiger partial charge in [-0.15, -0.1) is 0 Å². The number of benzene rings is 2. The van der Waals surface area contributed by atoms with E-state index in [1.807, 2.05) is 6.07 Å². The summed E-state index contributed by atoms with van der Waals surface area (Å²) in [6.45, 7) is 1.65. The standard InChI is InChI=1S/C18H15ClFN5O2/c1-11-17(22-18(26)25-23-11)24-21-9-12-5-2-3-8-16(12)27-10-13-14(19)6-4-7-15(13)20/h2-9H,10H2,1H3,(H2,22,24,25,26). The van der Waals surface area contributed by atoms with Crippen molar-refractivity contribution < 1.29 is 9.13 Å². The van der Waals surface area contributed by atoms with Crippen molar-refractivity contribution >= 4 is 23.6 Å². The summed E-state index contributed by atoms with van der Waals surface area (Å²) in [5.74, 6) is 0.307. The van der Waals surface area contributed by atoms with Crippen molar-refractivity contribution in [3.05, 3.63) is 80.6 Å². The van der Waals surface area contributed by atoms with Crippen molar-refractivity contribution in [2.75, 3.05) is 5.43 Å². The van der Waals surface area contributed by atoms with Crippen LogP contribution in [0, 0.1) is 12.7 Å². The molecular weight excluding hydrogens is 373 g/mol. The van der Waals surface area contributed by atoms with Crippen molar-refractivity contribution in [1.29, 1.82) is 0 Å². The molecule has 3 rings (SSSR count). The van der Waals surface area contributed by atoms with Gasteiger partial charge in [-0.05, 0) is 31.2 Å². The van der Waals surface area contributed by atoms with Gasteiger partial charge in [-0.25, -0.2) is 14.3 Å². The van der Waals surface area contributed by atoms with Gasteiger partial charge >= 0.3 is 5.69 Å². The molecular formula is C18H15ClFN5O2. The number of halogens is 2. The zero-order chi connectivity index (χ0) is 19.2. The average molecular weight is 388 g/mol. The van der Waals surface area contributed by atoms with Crippen LogP contribution in [0.15, 0.2) is 52.4 Å². The maximum Gasteiger partial charge on any atom is 0.363 e. The first kappa shape index (κ1) is 18.5. The lowest BCUT2D eigenvalue weighted by molar-refractivity contribution is 0.299. The van der Waals surface area contributed by atoms with Crippen LogP contribution >= 0.6 is 11.6 Å². The molecule has 1 aromatic heterocycles. The monoisotopic (exact) mass is 387 g/mol. The van der Waals surface area contributed by atoms with Gasteiger partial charge in [0.05, 0.1) is 11.2 Å². The second-order valence-corrected chi connectivity index (χ2v) is 5.88. The minimum absolute atomic E-state index is 0.0254. The third-order valence-electron chi connectivity index (χ3n) is 3.60. The largest absolute Gasteiger partial charge is 0.488 e. The van der Waals surface area contributed by atoms with Gasteiger partial charge in [0, 0.05) is 11.1 Å². The van der Waals surface area contributed by atoms with Crippen LogP contribution in [0.3, 0.4) is 0 Å². The molecule has 9 heteroatoms. The summed E-state index contributed by atoms with van der Waals surface area (Å²) in [5.41, 5.74) is 3.49. The third-order valence-corrected chi connectivity index (χ3v) is 3.96. The van der Waals surface area contributed by atoms with Crippen LogP contribution < -0.4 is 15.9 Å². The number of ether oxygens (including phenoxy) is 1. The Kier molecular flexibility index (Phi) is 5.77. The van der Waals surface area contributed by atoms with Crippen LogP contribution in [0.1, 0.15) is 16.8 Å². The van der Waals surface area contributed by atoms with Crippen LogP contribution in [-0.2, 0) is 6.61 Å². The second kappa shape index (κ2) is 8.41. The molecule has 0 amide bonds. The number of nitrogens with zero attached hydrogens (tertiary/aromatic N) is 3. The summed E-state index contributed by atoms with van der Waals surface area (Å²) in [6.07, 6.45) is 1.50. The Morgan fingerprint density at radius 3 is 2.93 bits per heavy atom. The normalized spacial score (nSPS) is 10.9. The predicted octanol–water partition coefficient (Wildman–Crippen LogP) is 3.29. The molecule has 0 saturated carbocycles. The molecule has 1 heterocycles. The van der Waals surface area contributed by atoms with Crippen molar-refractivity contribution in [2.24, 2.45) is 5.10 Å². The van der Waals surface area contributed by atoms with Gasteiger partial charge in [-0.1, -0.05) is 29.8 Å². The van der Waals surface area contributed by atoms with E-state index < -0.39 is 11.5 Å². The van der Waals surface area contributed by atoms with Gasteiger partial charge in [0.25, 0.3) is 0 Å². The van der Waals surface area contributed by atoms with Crippen LogP contribution in [0.25, 0.3) is 0 Å². The summed E-state index contributed by atoms with van der Waals surface area (Å²) in [4.78, 5) is 15.0. The fraction of sp³-hybridized carbons (Fsp3) is 0.111. The molecule has 2 N–H and O–H groups in total. The summed E-state index contributed by atoms with van der Waals surface area (Å²) >= 11 is 6.02. The van der Waals surface area contributed by atoms with Crippen LogP contribution in [-0.4, -0.2) is 21.4 Å². The lowest BCUT2D eigenvalue weighted by atomic mass is 10.2. The summed E-state index contributed by atoms with van der Waals surface area (Å²) < 4.78 is 19.6. The highest BCUT2D eigenvalue weighted by Gasteiger charge is 2.09. The van der Waals surface area contributed by atoms with E-state index in [0.717, 1.165) is 0 Å². The van der Waals surface area contributed by atoms with E-state index in [4.69, 9.17) is 16.3 Å².